The molecular weight excluding hydrogens is 250 g/mol. The van der Waals surface area contributed by atoms with Gasteiger partial charge < -0.3 is 15.5 Å². The molecule has 1 rings (SSSR count). The number of hydrogen-bond donors (Lipinski definition) is 3. The van der Waals surface area contributed by atoms with Gasteiger partial charge in [0.05, 0.1) is 6.10 Å². The van der Waals surface area contributed by atoms with Crippen LogP contribution in [0.5, 0.6) is 0 Å². The normalized spacial score (nSPS) is 14.5. The van der Waals surface area contributed by atoms with Gasteiger partial charge in [0.25, 0.3) is 0 Å². The molecule has 0 bridgehead atoms. The first-order chi connectivity index (χ1) is 9.58. The fourth-order valence-corrected chi connectivity index (χ4v) is 2.40. The molecule has 1 aromatic rings. The molecule has 0 aromatic heterocycles. The number of benzene rings is 1. The molecule has 0 fully saturated rings. The summed E-state index contributed by atoms with van der Waals surface area (Å²) in [5, 5.41) is 22.5. The molecule has 0 radical (unpaired) electrons. The molecule has 2 atom stereocenters. The van der Waals surface area contributed by atoms with Crippen molar-refractivity contribution in [3.8, 4) is 0 Å². The molecule has 0 amide bonds. The topological polar surface area (TPSA) is 52.5 Å². The molecule has 0 aliphatic heterocycles. The van der Waals surface area contributed by atoms with Crippen LogP contribution in [0.2, 0.25) is 0 Å². The number of aliphatic hydroxyl groups excluding tert-OH is 2. The maximum Gasteiger partial charge on any atom is 0.0942 e. The Morgan fingerprint density at radius 3 is 2.30 bits per heavy atom. The Balaban J connectivity index is 2.62. The van der Waals surface area contributed by atoms with Crippen LogP contribution < -0.4 is 5.32 Å². The van der Waals surface area contributed by atoms with Crippen molar-refractivity contribution in [3.63, 3.8) is 0 Å². The molecule has 3 N–H and O–H groups in total. The van der Waals surface area contributed by atoms with Gasteiger partial charge in [0.1, 0.15) is 0 Å². The van der Waals surface area contributed by atoms with Crippen LogP contribution in [0, 0.1) is 5.92 Å². The first-order valence-corrected chi connectivity index (χ1v) is 7.69. The Hall–Kier alpha value is -0.900. The third-order valence-corrected chi connectivity index (χ3v) is 3.53. The lowest BCUT2D eigenvalue weighted by molar-refractivity contribution is 0.124. The van der Waals surface area contributed by atoms with Crippen molar-refractivity contribution in [2.45, 2.75) is 52.2 Å². The van der Waals surface area contributed by atoms with Gasteiger partial charge in [-0.2, -0.15) is 0 Å². The van der Waals surface area contributed by atoms with Gasteiger partial charge in [-0.25, -0.2) is 0 Å². The van der Waals surface area contributed by atoms with E-state index in [1.54, 1.807) is 0 Å². The van der Waals surface area contributed by atoms with E-state index in [0.717, 1.165) is 31.4 Å². The number of aliphatic hydroxyl groups is 2. The van der Waals surface area contributed by atoms with Gasteiger partial charge in [-0.3, -0.25) is 0 Å². The minimum absolute atomic E-state index is 0.0394. The molecule has 0 aliphatic carbocycles. The predicted molar refractivity (Wildman–Crippen MR) is 83.7 cm³/mol. The van der Waals surface area contributed by atoms with Crippen molar-refractivity contribution in [2.24, 2.45) is 5.92 Å². The van der Waals surface area contributed by atoms with Crippen molar-refractivity contribution in [2.75, 3.05) is 13.2 Å². The zero-order valence-corrected chi connectivity index (χ0v) is 13.0. The quantitative estimate of drug-likeness (QED) is 0.609. The standard InChI is InChI=1S/C17H29NO2/c1-4-16(18-10-5-11-19)17(20)15-8-6-14(7-9-15)12-13(2)3/h6-9,13,16-20H,4-5,10-12H2,1-3H3. The summed E-state index contributed by atoms with van der Waals surface area (Å²) in [5.41, 5.74) is 2.28. The fraction of sp³-hybridized carbons (Fsp3) is 0.647. The third-order valence-electron chi connectivity index (χ3n) is 3.53. The van der Waals surface area contributed by atoms with Gasteiger partial charge in [-0.1, -0.05) is 45.0 Å². The second kappa shape index (κ2) is 9.11. The SMILES string of the molecule is CCC(NCCCO)C(O)c1ccc(CC(C)C)cc1. The van der Waals surface area contributed by atoms with Gasteiger partial charge in [-0.05, 0) is 42.9 Å². The van der Waals surface area contributed by atoms with Crippen molar-refractivity contribution < 1.29 is 10.2 Å². The second-order valence-electron chi connectivity index (χ2n) is 5.83. The molecule has 0 aliphatic rings. The average molecular weight is 279 g/mol. The van der Waals surface area contributed by atoms with E-state index in [2.05, 4.69) is 38.2 Å². The van der Waals surface area contributed by atoms with E-state index in [9.17, 15) is 5.11 Å². The molecule has 20 heavy (non-hydrogen) atoms. The summed E-state index contributed by atoms with van der Waals surface area (Å²) in [4.78, 5) is 0. The minimum Gasteiger partial charge on any atom is -0.396 e. The zero-order chi connectivity index (χ0) is 15.0. The summed E-state index contributed by atoms with van der Waals surface area (Å²) in [6.07, 6.45) is 2.16. The van der Waals surface area contributed by atoms with Crippen LogP contribution in [0.25, 0.3) is 0 Å². The molecule has 0 heterocycles. The largest absolute Gasteiger partial charge is 0.396 e. The van der Waals surface area contributed by atoms with E-state index in [4.69, 9.17) is 5.11 Å². The minimum atomic E-state index is -0.494. The van der Waals surface area contributed by atoms with E-state index < -0.39 is 6.10 Å². The van der Waals surface area contributed by atoms with E-state index in [1.165, 1.54) is 5.56 Å². The molecule has 0 saturated carbocycles. The van der Waals surface area contributed by atoms with Crippen LogP contribution in [0.15, 0.2) is 24.3 Å². The van der Waals surface area contributed by atoms with Crippen LogP contribution in [0.3, 0.4) is 0 Å². The maximum atomic E-state index is 10.4. The summed E-state index contributed by atoms with van der Waals surface area (Å²) in [6.45, 7) is 7.40. The van der Waals surface area contributed by atoms with Gasteiger partial charge in [0, 0.05) is 12.6 Å². The second-order valence-corrected chi connectivity index (χ2v) is 5.83. The smallest absolute Gasteiger partial charge is 0.0942 e. The number of nitrogens with one attached hydrogen (secondary N) is 1. The van der Waals surface area contributed by atoms with Gasteiger partial charge in [0.2, 0.25) is 0 Å². The molecule has 0 spiro atoms. The molecule has 1 aromatic carbocycles. The lowest BCUT2D eigenvalue weighted by atomic mass is 9.96. The Morgan fingerprint density at radius 2 is 1.80 bits per heavy atom. The molecule has 114 valence electrons. The van der Waals surface area contributed by atoms with Crippen LogP contribution in [-0.4, -0.2) is 29.4 Å². The van der Waals surface area contributed by atoms with Gasteiger partial charge in [-0.15, -0.1) is 0 Å². The lowest BCUT2D eigenvalue weighted by Gasteiger charge is -2.23. The third kappa shape index (κ3) is 5.61. The summed E-state index contributed by atoms with van der Waals surface area (Å²) in [5.74, 6) is 0.648. The van der Waals surface area contributed by atoms with Crippen LogP contribution in [0.4, 0.5) is 0 Å². The molecular formula is C17H29NO2. The predicted octanol–water partition coefficient (Wildman–Crippen LogP) is 2.67. The van der Waals surface area contributed by atoms with Crippen LogP contribution >= 0.6 is 0 Å². The van der Waals surface area contributed by atoms with E-state index >= 15 is 0 Å². The lowest BCUT2D eigenvalue weighted by Crippen LogP contribution is -2.35. The van der Waals surface area contributed by atoms with Crippen molar-refractivity contribution >= 4 is 0 Å². The summed E-state index contributed by atoms with van der Waals surface area (Å²) < 4.78 is 0. The maximum absolute atomic E-state index is 10.4. The number of rotatable bonds is 9. The average Bonchev–Trinajstić information content (AvgIpc) is 2.43. The Bertz CT molecular complexity index is 362. The molecule has 3 nitrogen and oxygen atoms in total. The Kier molecular flexibility index (Phi) is 7.82. The van der Waals surface area contributed by atoms with E-state index in [-0.39, 0.29) is 12.6 Å². The van der Waals surface area contributed by atoms with Crippen LogP contribution in [-0.2, 0) is 6.42 Å². The number of hydrogen-bond acceptors (Lipinski definition) is 3. The molecule has 0 saturated heterocycles. The van der Waals surface area contributed by atoms with Crippen molar-refractivity contribution in [1.29, 1.82) is 0 Å². The summed E-state index contributed by atoms with van der Waals surface area (Å²) >= 11 is 0. The van der Waals surface area contributed by atoms with E-state index in [1.807, 2.05) is 12.1 Å². The van der Waals surface area contributed by atoms with Gasteiger partial charge >= 0.3 is 0 Å². The fourth-order valence-electron chi connectivity index (χ4n) is 2.40. The highest BCUT2D eigenvalue weighted by Crippen LogP contribution is 2.20. The summed E-state index contributed by atoms with van der Waals surface area (Å²) in [6, 6.07) is 8.31. The van der Waals surface area contributed by atoms with Crippen molar-refractivity contribution in [1.82, 2.24) is 5.32 Å². The van der Waals surface area contributed by atoms with Crippen molar-refractivity contribution in [3.05, 3.63) is 35.4 Å². The monoisotopic (exact) mass is 279 g/mol. The highest BCUT2D eigenvalue weighted by atomic mass is 16.3. The Morgan fingerprint density at radius 1 is 1.15 bits per heavy atom. The Labute approximate surface area is 123 Å². The van der Waals surface area contributed by atoms with Gasteiger partial charge in [0.15, 0.2) is 0 Å². The molecule has 2 unspecified atom stereocenters. The van der Waals surface area contributed by atoms with E-state index in [0.29, 0.717) is 5.92 Å². The first kappa shape index (κ1) is 17.2. The highest BCUT2D eigenvalue weighted by molar-refractivity contribution is 5.25. The first-order valence-electron chi connectivity index (χ1n) is 7.69. The molecule has 3 heteroatoms. The zero-order valence-electron chi connectivity index (χ0n) is 13.0. The summed E-state index contributed by atoms with van der Waals surface area (Å²) in [7, 11) is 0. The van der Waals surface area contributed by atoms with Crippen LogP contribution in [0.1, 0.15) is 50.8 Å². The highest BCUT2D eigenvalue weighted by Gasteiger charge is 2.18.